The van der Waals surface area contributed by atoms with Crippen LogP contribution in [-0.4, -0.2) is 80.0 Å². The van der Waals surface area contributed by atoms with E-state index in [-0.39, 0.29) is 5.25 Å². The Morgan fingerprint density at radius 2 is 2.08 bits per heavy atom. The van der Waals surface area contributed by atoms with E-state index in [1.54, 1.807) is 10.8 Å². The van der Waals surface area contributed by atoms with Crippen molar-refractivity contribution in [3.05, 3.63) is 18.1 Å². The lowest BCUT2D eigenvalue weighted by atomic mass is 10.1. The average molecular weight is 375 g/mol. The Morgan fingerprint density at radius 1 is 1.31 bits per heavy atom. The van der Waals surface area contributed by atoms with Crippen LogP contribution in [-0.2, 0) is 4.74 Å². The van der Waals surface area contributed by atoms with Gasteiger partial charge in [0.1, 0.15) is 29.3 Å². The van der Waals surface area contributed by atoms with Crippen molar-refractivity contribution in [1.29, 1.82) is 0 Å². The second-order valence-electron chi connectivity index (χ2n) is 6.51. The fraction of sp³-hybridized carbons (Fsp3) is 0.529. The highest BCUT2D eigenvalue weighted by Gasteiger charge is 2.44. The highest BCUT2D eigenvalue weighted by Crippen LogP contribution is 2.44. The maximum atomic E-state index is 10.7. The number of anilines is 1. The lowest BCUT2D eigenvalue weighted by Crippen LogP contribution is -2.43. The van der Waals surface area contributed by atoms with E-state index in [1.807, 2.05) is 0 Å². The maximum absolute atomic E-state index is 10.7. The smallest absolute Gasteiger partial charge is 0.147 e. The van der Waals surface area contributed by atoms with E-state index in [9.17, 15) is 10.2 Å². The molecule has 26 heavy (non-hydrogen) atoms. The van der Waals surface area contributed by atoms with Crippen LogP contribution in [0.25, 0.3) is 11.0 Å². The van der Waals surface area contributed by atoms with E-state index in [1.165, 1.54) is 18.1 Å². The molecule has 0 bridgehead atoms. The zero-order chi connectivity index (χ0) is 18.3. The molecule has 0 aliphatic carbocycles. The van der Waals surface area contributed by atoms with E-state index in [0.29, 0.717) is 42.2 Å². The molecule has 0 amide bonds. The number of hydrogen-bond acceptors (Lipinski definition) is 8. The Kier molecular flexibility index (Phi) is 4.77. The summed E-state index contributed by atoms with van der Waals surface area (Å²) < 4.78 is 7.17. The van der Waals surface area contributed by atoms with Crippen molar-refractivity contribution in [3.63, 3.8) is 0 Å². The molecule has 8 nitrogen and oxygen atoms in total. The second-order valence-corrected chi connectivity index (χ2v) is 7.87. The van der Waals surface area contributed by atoms with Gasteiger partial charge in [0, 0.05) is 31.1 Å². The Hall–Kier alpha value is -1.83. The topological polar surface area (TPSA) is 110 Å². The monoisotopic (exact) mass is 375 g/mol. The molecule has 2 aliphatic rings. The SMILES string of the molecule is C#Cc1cn([C@@H]2S[C@H](CN3CCOCC3)C(O)[C@@H]2O)c2ncnc(N)c12. The molecule has 2 fully saturated rings. The van der Waals surface area contributed by atoms with Crippen LogP contribution < -0.4 is 5.73 Å². The first-order chi connectivity index (χ1) is 12.6. The molecule has 0 aromatic carbocycles. The van der Waals surface area contributed by atoms with Gasteiger partial charge in [0.2, 0.25) is 0 Å². The van der Waals surface area contributed by atoms with Crippen LogP contribution in [0.5, 0.6) is 0 Å². The summed E-state index contributed by atoms with van der Waals surface area (Å²) in [6, 6.07) is 0. The quantitative estimate of drug-likeness (QED) is 0.626. The van der Waals surface area contributed by atoms with Crippen molar-refractivity contribution in [2.45, 2.75) is 22.8 Å². The number of hydrogen-bond donors (Lipinski definition) is 3. The van der Waals surface area contributed by atoms with Crippen LogP contribution in [0.4, 0.5) is 5.82 Å². The van der Waals surface area contributed by atoms with Crippen LogP contribution in [0.3, 0.4) is 0 Å². The molecule has 4 N–H and O–H groups in total. The maximum Gasteiger partial charge on any atom is 0.147 e. The highest BCUT2D eigenvalue weighted by molar-refractivity contribution is 8.00. The second kappa shape index (κ2) is 7.06. The lowest BCUT2D eigenvalue weighted by Gasteiger charge is -2.29. The summed E-state index contributed by atoms with van der Waals surface area (Å²) in [5.41, 5.74) is 7.11. The Morgan fingerprint density at radius 3 is 2.81 bits per heavy atom. The number of terminal acetylenes is 1. The van der Waals surface area contributed by atoms with Gasteiger partial charge < -0.3 is 25.3 Å². The van der Waals surface area contributed by atoms with Crippen LogP contribution in [0.15, 0.2) is 12.5 Å². The molecular formula is C17H21N5O3S. The number of morpholine rings is 1. The lowest BCUT2D eigenvalue weighted by molar-refractivity contribution is 0.00171. The molecule has 2 aromatic rings. The number of fused-ring (bicyclic) bond motifs is 1. The minimum atomic E-state index is -0.927. The van der Waals surface area contributed by atoms with Gasteiger partial charge in [0.05, 0.1) is 30.3 Å². The zero-order valence-electron chi connectivity index (χ0n) is 14.2. The molecule has 138 valence electrons. The Bertz CT molecular complexity index is 845. The van der Waals surface area contributed by atoms with Gasteiger partial charge in [-0.25, -0.2) is 9.97 Å². The van der Waals surface area contributed by atoms with Crippen molar-refractivity contribution in [3.8, 4) is 12.3 Å². The third-order valence-corrected chi connectivity index (χ3v) is 6.51. The van der Waals surface area contributed by atoms with E-state index in [0.717, 1.165) is 13.1 Å². The first-order valence-corrected chi connectivity index (χ1v) is 9.43. The number of thioether (sulfide) groups is 1. The summed E-state index contributed by atoms with van der Waals surface area (Å²) in [6.07, 6.45) is 6.96. The van der Waals surface area contributed by atoms with Crippen molar-refractivity contribution in [1.82, 2.24) is 19.4 Å². The van der Waals surface area contributed by atoms with Gasteiger partial charge in [0.15, 0.2) is 0 Å². The Balaban J connectivity index is 1.63. The van der Waals surface area contributed by atoms with Crippen molar-refractivity contribution in [2.24, 2.45) is 0 Å². The van der Waals surface area contributed by atoms with Crippen LogP contribution in [0.1, 0.15) is 10.9 Å². The molecule has 4 atom stereocenters. The van der Waals surface area contributed by atoms with Gasteiger partial charge >= 0.3 is 0 Å². The molecule has 2 saturated heterocycles. The number of rotatable bonds is 3. The number of nitrogen functional groups attached to an aromatic ring is 1. The number of nitrogens with zero attached hydrogens (tertiary/aromatic N) is 4. The van der Waals surface area contributed by atoms with E-state index < -0.39 is 17.6 Å². The summed E-state index contributed by atoms with van der Waals surface area (Å²) in [5, 5.41) is 21.3. The molecule has 1 unspecified atom stereocenters. The minimum Gasteiger partial charge on any atom is -0.389 e. The molecule has 2 aromatic heterocycles. The predicted molar refractivity (Wildman–Crippen MR) is 99.6 cm³/mol. The number of ether oxygens (including phenoxy) is 1. The van der Waals surface area contributed by atoms with E-state index in [4.69, 9.17) is 16.9 Å². The molecule has 4 heterocycles. The van der Waals surface area contributed by atoms with Gasteiger partial charge in [-0.15, -0.1) is 18.2 Å². The summed E-state index contributed by atoms with van der Waals surface area (Å²) in [7, 11) is 0. The van der Waals surface area contributed by atoms with Crippen LogP contribution in [0.2, 0.25) is 0 Å². The normalized spacial score (nSPS) is 29.9. The average Bonchev–Trinajstić information content (AvgIpc) is 3.16. The van der Waals surface area contributed by atoms with E-state index in [2.05, 4.69) is 20.8 Å². The van der Waals surface area contributed by atoms with Crippen molar-refractivity contribution >= 4 is 28.6 Å². The molecule has 0 saturated carbocycles. The highest BCUT2D eigenvalue weighted by atomic mass is 32.2. The summed E-state index contributed by atoms with van der Waals surface area (Å²) in [5.74, 6) is 2.91. The van der Waals surface area contributed by atoms with Gasteiger partial charge in [0.25, 0.3) is 0 Å². The molecule has 0 spiro atoms. The first-order valence-electron chi connectivity index (χ1n) is 8.49. The van der Waals surface area contributed by atoms with Gasteiger partial charge in [-0.05, 0) is 0 Å². The van der Waals surface area contributed by atoms with Crippen molar-refractivity contribution < 1.29 is 14.9 Å². The molecule has 4 rings (SSSR count). The van der Waals surface area contributed by atoms with Crippen molar-refractivity contribution in [2.75, 3.05) is 38.6 Å². The summed E-state index contributed by atoms with van der Waals surface area (Å²) in [4.78, 5) is 10.6. The zero-order valence-corrected chi connectivity index (χ0v) is 15.0. The standard InChI is InChI=1S/C17H21N5O3S/c1-2-10-7-22(16-12(10)15(18)19-9-20-16)17-14(24)13(23)11(26-17)8-21-3-5-25-6-4-21/h1,7,9,11,13-14,17,23-24H,3-6,8H2,(H2,18,19,20)/t11-,13?,14+,17-/m1/s1. The largest absolute Gasteiger partial charge is 0.389 e. The first kappa shape index (κ1) is 17.6. The third kappa shape index (κ3) is 2.94. The number of aliphatic hydroxyl groups is 2. The third-order valence-electron chi connectivity index (χ3n) is 4.95. The number of nitrogens with two attached hydrogens (primary N) is 1. The number of aromatic nitrogens is 3. The van der Waals surface area contributed by atoms with Gasteiger partial charge in [-0.2, -0.15) is 0 Å². The molecule has 0 radical (unpaired) electrons. The Labute approximate surface area is 155 Å². The minimum absolute atomic E-state index is 0.112. The van der Waals surface area contributed by atoms with Crippen LogP contribution >= 0.6 is 11.8 Å². The summed E-state index contributed by atoms with van der Waals surface area (Å²) in [6.45, 7) is 3.76. The molecular weight excluding hydrogens is 354 g/mol. The summed E-state index contributed by atoms with van der Waals surface area (Å²) >= 11 is 1.53. The molecule has 9 heteroatoms. The number of aliphatic hydroxyl groups excluding tert-OH is 2. The van der Waals surface area contributed by atoms with Gasteiger partial charge in [-0.1, -0.05) is 5.92 Å². The fourth-order valence-corrected chi connectivity index (χ4v) is 5.15. The predicted octanol–water partition coefficient (Wildman–Crippen LogP) is -0.337. The fourth-order valence-electron chi connectivity index (χ4n) is 3.56. The van der Waals surface area contributed by atoms with Crippen LogP contribution in [0, 0.1) is 12.3 Å². The van der Waals surface area contributed by atoms with E-state index >= 15 is 0 Å². The van der Waals surface area contributed by atoms with Gasteiger partial charge in [-0.3, -0.25) is 4.90 Å². The molecule has 2 aliphatic heterocycles.